The lowest BCUT2D eigenvalue weighted by Gasteiger charge is -2.13. The van der Waals surface area contributed by atoms with E-state index >= 15 is 0 Å². The molecular weight excluding hydrogens is 280 g/mol. The largest absolute Gasteiger partial charge is 0.493 e. The van der Waals surface area contributed by atoms with Crippen LogP contribution in [0.3, 0.4) is 0 Å². The molecular formula is C17H28N2O3. The number of unbranched alkanes of at least 4 members (excludes halogenated alkanes) is 1. The smallest absolute Gasteiger partial charge is 0.251 e. The van der Waals surface area contributed by atoms with E-state index in [9.17, 15) is 4.79 Å². The molecule has 1 rings (SSSR count). The first-order valence-corrected chi connectivity index (χ1v) is 7.82. The minimum atomic E-state index is -0.0860. The third kappa shape index (κ3) is 6.35. The first-order chi connectivity index (χ1) is 10.6. The zero-order valence-electron chi connectivity index (χ0n) is 14.1. The Hall–Kier alpha value is -1.75. The van der Waals surface area contributed by atoms with Crippen molar-refractivity contribution >= 4 is 5.91 Å². The highest BCUT2D eigenvalue weighted by Crippen LogP contribution is 2.28. The minimum absolute atomic E-state index is 0.0860. The Balaban J connectivity index is 2.57. The van der Waals surface area contributed by atoms with Crippen molar-refractivity contribution in [3.63, 3.8) is 0 Å². The van der Waals surface area contributed by atoms with Gasteiger partial charge in [-0.25, -0.2) is 0 Å². The molecule has 0 saturated heterocycles. The molecule has 0 unspecified atom stereocenters. The van der Waals surface area contributed by atoms with Gasteiger partial charge in [0.15, 0.2) is 11.5 Å². The molecule has 1 N–H and O–H groups in total. The van der Waals surface area contributed by atoms with E-state index < -0.39 is 0 Å². The monoisotopic (exact) mass is 308 g/mol. The normalized spacial score (nSPS) is 10.6. The fraction of sp³-hybridized carbons (Fsp3) is 0.588. The van der Waals surface area contributed by atoms with Crippen LogP contribution in [0.5, 0.6) is 11.5 Å². The van der Waals surface area contributed by atoms with Gasteiger partial charge < -0.3 is 19.7 Å². The Morgan fingerprint density at radius 1 is 1.23 bits per heavy atom. The molecule has 0 bridgehead atoms. The summed E-state index contributed by atoms with van der Waals surface area (Å²) in [4.78, 5) is 14.2. The molecule has 5 heteroatoms. The number of carbonyl (C=O) groups excluding carboxylic acids is 1. The third-order valence-electron chi connectivity index (χ3n) is 3.25. The van der Waals surface area contributed by atoms with Gasteiger partial charge in [0, 0.05) is 12.1 Å². The van der Waals surface area contributed by atoms with E-state index in [0.717, 1.165) is 25.8 Å². The Kier molecular flexibility index (Phi) is 8.36. The average Bonchev–Trinajstić information content (AvgIpc) is 2.51. The van der Waals surface area contributed by atoms with Crippen molar-refractivity contribution in [3.8, 4) is 11.5 Å². The summed E-state index contributed by atoms with van der Waals surface area (Å²) in [6.07, 6.45) is 3.00. The molecule has 0 heterocycles. The molecule has 1 amide bonds. The van der Waals surface area contributed by atoms with Gasteiger partial charge in [-0.1, -0.05) is 13.3 Å². The molecule has 0 atom stereocenters. The summed E-state index contributed by atoms with van der Waals surface area (Å²) in [5.41, 5.74) is 0.588. The van der Waals surface area contributed by atoms with E-state index in [4.69, 9.17) is 9.47 Å². The first-order valence-electron chi connectivity index (χ1n) is 7.82. The number of amides is 1. The van der Waals surface area contributed by atoms with E-state index in [1.54, 1.807) is 25.3 Å². The van der Waals surface area contributed by atoms with Gasteiger partial charge in [0.2, 0.25) is 0 Å². The number of methoxy groups -OCH3 is 1. The number of rotatable bonds is 10. The summed E-state index contributed by atoms with van der Waals surface area (Å²) in [7, 11) is 5.62. The molecule has 22 heavy (non-hydrogen) atoms. The topological polar surface area (TPSA) is 50.8 Å². The molecule has 0 saturated carbocycles. The highest BCUT2D eigenvalue weighted by Gasteiger charge is 2.10. The Labute approximate surface area is 133 Å². The maximum atomic E-state index is 12.1. The third-order valence-corrected chi connectivity index (χ3v) is 3.25. The maximum absolute atomic E-state index is 12.1. The summed E-state index contributed by atoms with van der Waals surface area (Å²) < 4.78 is 11.0. The van der Waals surface area contributed by atoms with Gasteiger partial charge in [-0.05, 0) is 51.7 Å². The number of benzene rings is 1. The zero-order chi connectivity index (χ0) is 16.4. The van der Waals surface area contributed by atoms with Crippen LogP contribution in [0.2, 0.25) is 0 Å². The van der Waals surface area contributed by atoms with Crippen LogP contribution >= 0.6 is 0 Å². The molecule has 1 aromatic rings. The lowest BCUT2D eigenvalue weighted by atomic mass is 10.2. The van der Waals surface area contributed by atoms with Crippen molar-refractivity contribution in [2.24, 2.45) is 0 Å². The van der Waals surface area contributed by atoms with Gasteiger partial charge in [0.05, 0.1) is 13.7 Å². The van der Waals surface area contributed by atoms with Crippen LogP contribution in [0.4, 0.5) is 0 Å². The Morgan fingerprint density at radius 2 is 2.00 bits per heavy atom. The molecule has 0 aliphatic rings. The summed E-state index contributed by atoms with van der Waals surface area (Å²) in [6, 6.07) is 5.29. The average molecular weight is 308 g/mol. The molecule has 0 aromatic heterocycles. The van der Waals surface area contributed by atoms with Gasteiger partial charge in [-0.3, -0.25) is 4.79 Å². The van der Waals surface area contributed by atoms with Crippen LogP contribution in [-0.4, -0.2) is 51.7 Å². The predicted octanol–water partition coefficient (Wildman–Crippen LogP) is 2.56. The van der Waals surface area contributed by atoms with Crippen LogP contribution in [0, 0.1) is 0 Å². The summed E-state index contributed by atoms with van der Waals surface area (Å²) >= 11 is 0. The van der Waals surface area contributed by atoms with E-state index in [0.29, 0.717) is 30.2 Å². The molecule has 5 nitrogen and oxygen atoms in total. The quantitative estimate of drug-likeness (QED) is 0.675. The predicted molar refractivity (Wildman–Crippen MR) is 88.9 cm³/mol. The molecule has 0 aliphatic carbocycles. The van der Waals surface area contributed by atoms with Gasteiger partial charge >= 0.3 is 0 Å². The lowest BCUT2D eigenvalue weighted by molar-refractivity contribution is 0.0952. The van der Waals surface area contributed by atoms with Gasteiger partial charge in [0.25, 0.3) is 5.91 Å². The number of carbonyl (C=O) groups is 1. The lowest BCUT2D eigenvalue weighted by Crippen LogP contribution is -2.27. The number of hydrogen-bond acceptors (Lipinski definition) is 4. The number of nitrogens with zero attached hydrogens (tertiary/aromatic N) is 1. The maximum Gasteiger partial charge on any atom is 0.251 e. The van der Waals surface area contributed by atoms with Gasteiger partial charge in [-0.2, -0.15) is 0 Å². The van der Waals surface area contributed by atoms with Gasteiger partial charge in [0.1, 0.15) is 0 Å². The molecule has 1 aromatic carbocycles. The fourth-order valence-electron chi connectivity index (χ4n) is 1.95. The first kappa shape index (κ1) is 18.3. The zero-order valence-corrected chi connectivity index (χ0v) is 14.1. The standard InChI is InChI=1S/C17H28N2O3/c1-5-6-12-22-15-9-8-14(13-16(15)21-4)17(20)18-10-7-11-19(2)3/h8-9,13H,5-7,10-12H2,1-4H3,(H,18,20). The van der Waals surface area contributed by atoms with Crippen molar-refractivity contribution < 1.29 is 14.3 Å². The number of ether oxygens (including phenoxy) is 2. The van der Waals surface area contributed by atoms with Crippen LogP contribution in [0.15, 0.2) is 18.2 Å². The van der Waals surface area contributed by atoms with Crippen molar-refractivity contribution in [3.05, 3.63) is 23.8 Å². The minimum Gasteiger partial charge on any atom is -0.493 e. The SMILES string of the molecule is CCCCOc1ccc(C(=O)NCCCN(C)C)cc1OC. The Morgan fingerprint density at radius 3 is 2.64 bits per heavy atom. The number of hydrogen-bond donors (Lipinski definition) is 1. The van der Waals surface area contributed by atoms with E-state index in [1.165, 1.54) is 0 Å². The van der Waals surface area contributed by atoms with Gasteiger partial charge in [-0.15, -0.1) is 0 Å². The second-order valence-corrected chi connectivity index (χ2v) is 5.48. The van der Waals surface area contributed by atoms with Crippen molar-refractivity contribution in [1.29, 1.82) is 0 Å². The number of nitrogens with one attached hydrogen (secondary N) is 1. The molecule has 0 radical (unpaired) electrons. The molecule has 0 spiro atoms. The molecule has 0 fully saturated rings. The van der Waals surface area contributed by atoms with Crippen molar-refractivity contribution in [2.45, 2.75) is 26.2 Å². The van der Waals surface area contributed by atoms with Crippen LogP contribution in [0.1, 0.15) is 36.5 Å². The van der Waals surface area contributed by atoms with Crippen LogP contribution in [-0.2, 0) is 0 Å². The van der Waals surface area contributed by atoms with E-state index in [-0.39, 0.29) is 5.91 Å². The fourth-order valence-corrected chi connectivity index (χ4v) is 1.95. The van der Waals surface area contributed by atoms with Crippen molar-refractivity contribution in [2.75, 3.05) is 40.9 Å². The van der Waals surface area contributed by atoms with Crippen LogP contribution in [0.25, 0.3) is 0 Å². The van der Waals surface area contributed by atoms with Crippen LogP contribution < -0.4 is 14.8 Å². The summed E-state index contributed by atoms with van der Waals surface area (Å²) in [5.74, 6) is 1.19. The second kappa shape index (κ2) is 10.1. The Bertz CT molecular complexity index is 461. The highest BCUT2D eigenvalue weighted by molar-refractivity contribution is 5.94. The molecule has 0 aliphatic heterocycles. The summed E-state index contributed by atoms with van der Waals surface area (Å²) in [6.45, 7) is 4.38. The second-order valence-electron chi connectivity index (χ2n) is 5.48. The molecule has 124 valence electrons. The summed E-state index contributed by atoms with van der Waals surface area (Å²) in [5, 5.41) is 2.92. The van der Waals surface area contributed by atoms with Crippen molar-refractivity contribution in [1.82, 2.24) is 10.2 Å². The van der Waals surface area contributed by atoms with E-state index in [2.05, 4.69) is 17.1 Å². The highest BCUT2D eigenvalue weighted by atomic mass is 16.5. The van der Waals surface area contributed by atoms with E-state index in [1.807, 2.05) is 14.1 Å².